The van der Waals surface area contributed by atoms with Crippen molar-refractivity contribution in [3.8, 4) is 0 Å². The minimum atomic E-state index is -10.7. The van der Waals surface area contributed by atoms with Gasteiger partial charge in [-0.1, -0.05) is 104 Å². The van der Waals surface area contributed by atoms with Crippen molar-refractivity contribution in [2.24, 2.45) is 0 Å². The molecule has 10 heteroatoms. The average Bonchev–Trinajstić information content (AvgIpc) is 2.36. The summed E-state index contributed by atoms with van der Waals surface area (Å²) in [6.45, 7) is 4.58. The van der Waals surface area contributed by atoms with Crippen LogP contribution in [0.4, 0.5) is 25.2 Å². The quantitative estimate of drug-likeness (QED) is 0.102. The summed E-state index contributed by atoms with van der Waals surface area (Å²) in [7, 11) is -10.7. The molecule has 0 saturated carbocycles. The zero-order valence-electron chi connectivity index (χ0n) is 16.8. The van der Waals surface area contributed by atoms with Crippen LogP contribution in [0.3, 0.4) is 0 Å². The summed E-state index contributed by atoms with van der Waals surface area (Å²) in [5.74, 6) is 0. The van der Waals surface area contributed by atoms with Crippen LogP contribution in [0.15, 0.2) is 0 Å². The van der Waals surface area contributed by atoms with Crippen LogP contribution < -0.4 is 0 Å². The second kappa shape index (κ2) is 18.2. The van der Waals surface area contributed by atoms with Crippen molar-refractivity contribution in [2.75, 3.05) is 0 Å². The molecule has 0 aromatic carbocycles. The predicted octanol–water partition coefficient (Wildman–Crippen LogP) is 10.8. The first kappa shape index (κ1) is 37.8. The van der Waals surface area contributed by atoms with Gasteiger partial charge in [0.2, 0.25) is 0 Å². The Hall–Kier alpha value is 1.11. The Bertz CT molecular complexity index is 256. The third-order valence-electron chi connectivity index (χ3n) is 3.46. The third kappa shape index (κ3) is 73.3. The van der Waals surface area contributed by atoms with Crippen molar-refractivity contribution in [2.45, 2.75) is 104 Å². The molecule has 26 heavy (non-hydrogen) atoms. The van der Waals surface area contributed by atoms with Crippen LogP contribution in [0.2, 0.25) is 0 Å². The Morgan fingerprint density at radius 1 is 0.462 bits per heavy atom. The fraction of sp³-hybridized carbons (Fsp3) is 1.00. The van der Waals surface area contributed by atoms with Gasteiger partial charge in [0.1, 0.15) is 0 Å². The molecule has 0 nitrogen and oxygen atoms in total. The SMILES string of the molecule is CCCCCCCCCCCCCCCC.Cl.Cl.F[P-](F)(F)(F)(F)F.[H+].[Mn]. The van der Waals surface area contributed by atoms with Gasteiger partial charge in [0, 0.05) is 17.1 Å². The third-order valence-corrected chi connectivity index (χ3v) is 3.46. The van der Waals surface area contributed by atoms with Gasteiger partial charge >= 0.3 is 34.4 Å². The van der Waals surface area contributed by atoms with Crippen LogP contribution in [-0.2, 0) is 17.1 Å². The molecule has 0 N–H and O–H groups in total. The summed E-state index contributed by atoms with van der Waals surface area (Å²) in [6.07, 6.45) is 20.4. The maximum atomic E-state index is 9.87. The first-order valence-electron chi connectivity index (χ1n) is 8.93. The molecule has 0 fully saturated rings. The molecule has 0 amide bonds. The molecular weight excluding hydrogens is 463 g/mol. The Morgan fingerprint density at radius 2 is 0.577 bits per heavy atom. The van der Waals surface area contributed by atoms with E-state index in [-0.39, 0.29) is 43.3 Å². The molecule has 169 valence electrons. The first-order valence-corrected chi connectivity index (χ1v) is 11.0. The Balaban J connectivity index is -0.0000000873. The van der Waals surface area contributed by atoms with Crippen molar-refractivity contribution in [3.63, 3.8) is 0 Å². The van der Waals surface area contributed by atoms with Crippen molar-refractivity contribution >= 4 is 32.6 Å². The second-order valence-electron chi connectivity index (χ2n) is 6.20. The molecule has 0 spiro atoms. The largest absolute Gasteiger partial charge is 1.00 e. The zero-order valence-corrected chi connectivity index (χ0v) is 19.5. The topological polar surface area (TPSA) is 0 Å². The van der Waals surface area contributed by atoms with Crippen LogP contribution in [0.5, 0.6) is 0 Å². The van der Waals surface area contributed by atoms with Crippen molar-refractivity contribution < 1.29 is 43.7 Å². The van der Waals surface area contributed by atoms with Gasteiger partial charge in [-0.3, -0.25) is 0 Å². The van der Waals surface area contributed by atoms with Crippen molar-refractivity contribution in [3.05, 3.63) is 0 Å². The Morgan fingerprint density at radius 3 is 0.692 bits per heavy atom. The average molecular weight is 500 g/mol. The Labute approximate surface area is 180 Å². The summed E-state index contributed by atoms with van der Waals surface area (Å²) in [6, 6.07) is 0. The zero-order chi connectivity index (χ0) is 18.3. The summed E-state index contributed by atoms with van der Waals surface area (Å²) >= 11 is 0. The van der Waals surface area contributed by atoms with E-state index in [0.717, 1.165) is 0 Å². The van der Waals surface area contributed by atoms with Crippen molar-refractivity contribution in [1.29, 1.82) is 0 Å². The van der Waals surface area contributed by atoms with E-state index in [2.05, 4.69) is 13.8 Å². The van der Waals surface area contributed by atoms with E-state index in [9.17, 15) is 25.2 Å². The molecule has 0 heterocycles. The number of hydrogen-bond acceptors (Lipinski definition) is 0. The maximum Gasteiger partial charge on any atom is 1.00 e. The molecule has 0 aliphatic rings. The summed E-state index contributed by atoms with van der Waals surface area (Å²) in [5.41, 5.74) is 0. The Kier molecular flexibility index (Phi) is 26.4. The van der Waals surface area contributed by atoms with Gasteiger partial charge in [-0.2, -0.15) is 0 Å². The number of hydrogen-bond donors (Lipinski definition) is 0. The number of halogens is 8. The van der Waals surface area contributed by atoms with Gasteiger partial charge in [0.25, 0.3) is 0 Å². The van der Waals surface area contributed by atoms with Gasteiger partial charge in [-0.05, 0) is 0 Å². The molecule has 0 atom stereocenters. The predicted molar refractivity (Wildman–Crippen MR) is 105 cm³/mol. The van der Waals surface area contributed by atoms with Gasteiger partial charge < -0.3 is 0 Å². The molecule has 0 aliphatic carbocycles. The molecule has 0 aliphatic heterocycles. The van der Waals surface area contributed by atoms with E-state index in [4.69, 9.17) is 0 Å². The maximum absolute atomic E-state index is 10.7. The van der Waals surface area contributed by atoms with Gasteiger partial charge in [0.05, 0.1) is 0 Å². The van der Waals surface area contributed by atoms with E-state index in [0.29, 0.717) is 0 Å². The van der Waals surface area contributed by atoms with Crippen LogP contribution >= 0.6 is 32.6 Å². The molecule has 1 radical (unpaired) electrons. The van der Waals surface area contributed by atoms with E-state index >= 15 is 0 Å². The molecule has 0 aromatic heterocycles. The van der Waals surface area contributed by atoms with E-state index in [1.54, 1.807) is 0 Å². The van der Waals surface area contributed by atoms with Crippen LogP contribution in [0, 0.1) is 0 Å². The normalized spacial score (nSPS) is 12.9. The van der Waals surface area contributed by atoms with Crippen LogP contribution in [0.1, 0.15) is 105 Å². The number of rotatable bonds is 13. The first-order chi connectivity index (χ1) is 10.4. The molecule has 0 unspecified atom stereocenters. The van der Waals surface area contributed by atoms with E-state index in [1.165, 1.54) is 89.9 Å². The van der Waals surface area contributed by atoms with E-state index in [1.807, 2.05) is 0 Å². The van der Waals surface area contributed by atoms with Crippen molar-refractivity contribution in [1.82, 2.24) is 0 Å². The minimum absolute atomic E-state index is 0. The second-order valence-corrected chi connectivity index (χ2v) is 8.12. The summed E-state index contributed by atoms with van der Waals surface area (Å²) in [5, 5.41) is 0. The summed E-state index contributed by atoms with van der Waals surface area (Å²) in [4.78, 5) is 0. The molecule has 0 rings (SSSR count). The van der Waals surface area contributed by atoms with E-state index < -0.39 is 7.81 Å². The number of unbranched alkanes of at least 4 members (excludes halogenated alkanes) is 13. The molecule has 0 bridgehead atoms. The van der Waals surface area contributed by atoms with Crippen LogP contribution in [-0.4, -0.2) is 0 Å². The van der Waals surface area contributed by atoms with Gasteiger partial charge in [-0.15, -0.1) is 24.8 Å². The molecular formula is C16H37Cl2F6MnP. The monoisotopic (exact) mass is 499 g/mol. The fourth-order valence-electron chi connectivity index (χ4n) is 2.27. The smallest absolute Gasteiger partial charge is 0 e. The summed E-state index contributed by atoms with van der Waals surface area (Å²) < 4.78 is 59.2. The fourth-order valence-corrected chi connectivity index (χ4v) is 2.27. The molecule has 0 aromatic rings. The standard InChI is InChI=1S/C16H34.2ClH.F6P.Mn/c1-3-5-7-9-11-13-15-16-14-12-10-8-6-4-2;;;1-7(2,3,4,5)6;/h3-16H2,1-2H3;2*1H;;/q;;;-1;/p+1. The minimum Gasteiger partial charge on any atom is 0 e. The van der Waals surface area contributed by atoms with Crippen LogP contribution in [0.25, 0.3) is 0 Å². The van der Waals surface area contributed by atoms with Gasteiger partial charge in [-0.25, -0.2) is 0 Å². The van der Waals surface area contributed by atoms with Gasteiger partial charge in [0.15, 0.2) is 0 Å². The molecule has 0 saturated heterocycles.